The molecule has 0 saturated carbocycles. The molecular formula is C16H13F2NO. The molecule has 4 heteroatoms. The van der Waals surface area contributed by atoms with E-state index < -0.39 is 5.82 Å². The summed E-state index contributed by atoms with van der Waals surface area (Å²) in [5.74, 6) is 4.68. The molecule has 0 saturated heterocycles. The highest BCUT2D eigenvalue weighted by Crippen LogP contribution is 2.18. The molecule has 2 nitrogen and oxygen atoms in total. The van der Waals surface area contributed by atoms with Crippen molar-refractivity contribution in [1.29, 1.82) is 0 Å². The van der Waals surface area contributed by atoms with Gasteiger partial charge in [0.1, 0.15) is 24.0 Å². The van der Waals surface area contributed by atoms with Crippen LogP contribution in [0.25, 0.3) is 0 Å². The highest BCUT2D eigenvalue weighted by Gasteiger charge is 2.04. The first-order valence-electron chi connectivity index (χ1n) is 6.05. The second kappa shape index (κ2) is 6.69. The van der Waals surface area contributed by atoms with E-state index >= 15 is 0 Å². The first-order chi connectivity index (χ1) is 9.70. The molecule has 2 aromatic carbocycles. The molecule has 0 heterocycles. The molecule has 0 bridgehead atoms. The Morgan fingerprint density at radius 1 is 1.05 bits per heavy atom. The van der Waals surface area contributed by atoms with Crippen LogP contribution in [0.4, 0.5) is 8.78 Å². The van der Waals surface area contributed by atoms with E-state index in [-0.39, 0.29) is 24.5 Å². The maximum Gasteiger partial charge on any atom is 0.142 e. The quantitative estimate of drug-likeness (QED) is 0.873. The third-order valence-electron chi connectivity index (χ3n) is 2.62. The Morgan fingerprint density at radius 3 is 2.55 bits per heavy atom. The van der Waals surface area contributed by atoms with Crippen LogP contribution in [-0.2, 0) is 6.61 Å². The molecule has 0 amide bonds. The zero-order valence-corrected chi connectivity index (χ0v) is 10.7. The number of ether oxygens (including phenoxy) is 1. The molecule has 2 aromatic rings. The Bertz CT molecular complexity index is 659. The van der Waals surface area contributed by atoms with Crippen molar-refractivity contribution in [1.82, 2.24) is 0 Å². The van der Waals surface area contributed by atoms with Gasteiger partial charge in [-0.05, 0) is 18.2 Å². The molecular weight excluding hydrogens is 260 g/mol. The predicted octanol–water partition coefficient (Wildman–Crippen LogP) is 2.85. The van der Waals surface area contributed by atoms with E-state index in [0.29, 0.717) is 11.3 Å². The van der Waals surface area contributed by atoms with E-state index in [4.69, 9.17) is 10.5 Å². The summed E-state index contributed by atoms with van der Waals surface area (Å²) in [5, 5.41) is 0. The van der Waals surface area contributed by atoms with E-state index in [9.17, 15) is 8.78 Å². The molecule has 0 aliphatic heterocycles. The molecule has 0 aliphatic carbocycles. The Morgan fingerprint density at radius 2 is 1.85 bits per heavy atom. The zero-order valence-electron chi connectivity index (χ0n) is 10.7. The summed E-state index contributed by atoms with van der Waals surface area (Å²) in [6, 6.07) is 10.6. The highest BCUT2D eigenvalue weighted by atomic mass is 19.1. The number of halogens is 2. The lowest BCUT2D eigenvalue weighted by Gasteiger charge is -2.07. The van der Waals surface area contributed by atoms with Crippen molar-refractivity contribution in [2.45, 2.75) is 6.61 Å². The minimum Gasteiger partial charge on any atom is -0.489 e. The first-order valence-corrected chi connectivity index (χ1v) is 6.05. The molecule has 0 aromatic heterocycles. The molecule has 102 valence electrons. The van der Waals surface area contributed by atoms with Crippen molar-refractivity contribution in [3.05, 3.63) is 65.2 Å². The van der Waals surface area contributed by atoms with Crippen molar-refractivity contribution in [3.63, 3.8) is 0 Å². The van der Waals surface area contributed by atoms with Crippen molar-refractivity contribution in [3.8, 4) is 17.6 Å². The van der Waals surface area contributed by atoms with Crippen LogP contribution in [0.1, 0.15) is 11.1 Å². The lowest BCUT2D eigenvalue weighted by atomic mass is 10.2. The minimum atomic E-state index is -0.489. The number of nitrogens with two attached hydrogens (primary N) is 1. The van der Waals surface area contributed by atoms with Gasteiger partial charge in [-0.25, -0.2) is 8.78 Å². The topological polar surface area (TPSA) is 35.2 Å². The first kappa shape index (κ1) is 14.0. The highest BCUT2D eigenvalue weighted by molar-refractivity contribution is 5.40. The maximum absolute atomic E-state index is 13.7. The fraction of sp³-hybridized carbons (Fsp3) is 0.125. The lowest BCUT2D eigenvalue weighted by molar-refractivity contribution is 0.298. The van der Waals surface area contributed by atoms with Crippen molar-refractivity contribution in [2.75, 3.05) is 6.54 Å². The SMILES string of the molecule is NCC#Cc1ccc(OCc2ccccc2F)cc1F. The van der Waals surface area contributed by atoms with Crippen LogP contribution < -0.4 is 10.5 Å². The summed E-state index contributed by atoms with van der Waals surface area (Å²) in [6.07, 6.45) is 0. The second-order valence-corrected chi connectivity index (χ2v) is 4.03. The van der Waals surface area contributed by atoms with Gasteiger partial charge < -0.3 is 10.5 Å². The third kappa shape index (κ3) is 3.56. The van der Waals surface area contributed by atoms with E-state index in [1.54, 1.807) is 24.3 Å². The van der Waals surface area contributed by atoms with Crippen LogP contribution in [0.15, 0.2) is 42.5 Å². The Hall–Kier alpha value is -2.38. The van der Waals surface area contributed by atoms with Gasteiger partial charge in [0.15, 0.2) is 0 Å². The van der Waals surface area contributed by atoms with Crippen LogP contribution in [0, 0.1) is 23.5 Å². The van der Waals surface area contributed by atoms with E-state index in [1.807, 2.05) is 0 Å². The summed E-state index contributed by atoms with van der Waals surface area (Å²) in [6.45, 7) is 0.213. The Kier molecular flexibility index (Phi) is 4.70. The molecule has 0 aliphatic rings. The van der Waals surface area contributed by atoms with Crippen molar-refractivity contribution in [2.24, 2.45) is 5.73 Å². The largest absolute Gasteiger partial charge is 0.489 e. The van der Waals surface area contributed by atoms with Crippen LogP contribution >= 0.6 is 0 Å². The summed E-state index contributed by atoms with van der Waals surface area (Å²) >= 11 is 0. The monoisotopic (exact) mass is 273 g/mol. The van der Waals surface area contributed by atoms with Gasteiger partial charge in [0.05, 0.1) is 12.1 Å². The summed E-state index contributed by atoms with van der Waals surface area (Å²) in [7, 11) is 0. The zero-order chi connectivity index (χ0) is 14.4. The molecule has 2 N–H and O–H groups in total. The average molecular weight is 273 g/mol. The van der Waals surface area contributed by atoms with Crippen LogP contribution in [0.3, 0.4) is 0 Å². The van der Waals surface area contributed by atoms with Gasteiger partial charge in [-0.15, -0.1) is 0 Å². The van der Waals surface area contributed by atoms with Gasteiger partial charge >= 0.3 is 0 Å². The van der Waals surface area contributed by atoms with E-state index in [1.165, 1.54) is 18.2 Å². The smallest absolute Gasteiger partial charge is 0.142 e. The van der Waals surface area contributed by atoms with Crippen LogP contribution in [0.2, 0.25) is 0 Å². The summed E-state index contributed by atoms with van der Waals surface area (Å²) in [5.41, 5.74) is 5.90. The van der Waals surface area contributed by atoms with Crippen molar-refractivity contribution >= 4 is 0 Å². The Labute approximate surface area is 116 Å². The Balaban J connectivity index is 2.08. The van der Waals surface area contributed by atoms with E-state index in [0.717, 1.165) is 0 Å². The maximum atomic E-state index is 13.7. The molecule has 0 spiro atoms. The lowest BCUT2D eigenvalue weighted by Crippen LogP contribution is -1.99. The van der Waals surface area contributed by atoms with Crippen LogP contribution in [-0.4, -0.2) is 6.54 Å². The number of hydrogen-bond acceptors (Lipinski definition) is 2. The van der Waals surface area contributed by atoms with Crippen LogP contribution in [0.5, 0.6) is 5.75 Å². The van der Waals surface area contributed by atoms with Crippen molar-refractivity contribution < 1.29 is 13.5 Å². The molecule has 20 heavy (non-hydrogen) atoms. The number of hydrogen-bond donors (Lipinski definition) is 1. The van der Waals surface area contributed by atoms with Gasteiger partial charge in [-0.1, -0.05) is 30.0 Å². The van der Waals surface area contributed by atoms with Gasteiger partial charge in [0, 0.05) is 11.6 Å². The van der Waals surface area contributed by atoms with Gasteiger partial charge in [-0.3, -0.25) is 0 Å². The van der Waals surface area contributed by atoms with Gasteiger partial charge in [0.2, 0.25) is 0 Å². The summed E-state index contributed by atoms with van der Waals surface area (Å²) < 4.78 is 32.4. The van der Waals surface area contributed by atoms with E-state index in [2.05, 4.69) is 11.8 Å². The predicted molar refractivity (Wildman–Crippen MR) is 73.1 cm³/mol. The minimum absolute atomic E-state index is 0.0416. The third-order valence-corrected chi connectivity index (χ3v) is 2.62. The average Bonchev–Trinajstić information content (AvgIpc) is 2.45. The normalized spacial score (nSPS) is 9.75. The summed E-state index contributed by atoms with van der Waals surface area (Å²) in [4.78, 5) is 0. The fourth-order valence-electron chi connectivity index (χ4n) is 1.61. The fourth-order valence-corrected chi connectivity index (χ4v) is 1.61. The molecule has 0 radical (unpaired) electrons. The van der Waals surface area contributed by atoms with Gasteiger partial charge in [0.25, 0.3) is 0 Å². The standard InChI is InChI=1S/C16H13F2NO/c17-15-6-2-1-4-13(15)11-20-14-8-7-12(5-3-9-19)16(18)10-14/h1-2,4,6-8,10H,9,11,19H2. The molecule has 0 unspecified atom stereocenters. The number of benzene rings is 2. The second-order valence-electron chi connectivity index (χ2n) is 4.03. The molecule has 2 rings (SSSR count). The molecule has 0 atom stereocenters. The van der Waals surface area contributed by atoms with Gasteiger partial charge in [-0.2, -0.15) is 0 Å². The molecule has 0 fully saturated rings. The number of rotatable bonds is 3.